The van der Waals surface area contributed by atoms with Crippen molar-refractivity contribution in [2.45, 2.75) is 23.9 Å². The molecule has 0 aliphatic heterocycles. The molecule has 2 aromatic rings. The molecular weight excluding hydrogens is 395 g/mol. The molecule has 0 aromatic heterocycles. The molecule has 0 fully saturated rings. The van der Waals surface area contributed by atoms with Crippen molar-refractivity contribution in [1.82, 2.24) is 0 Å². The van der Waals surface area contributed by atoms with Crippen molar-refractivity contribution in [3.8, 4) is 0 Å². The van der Waals surface area contributed by atoms with Crippen LogP contribution in [0.1, 0.15) is 17.5 Å². The first kappa shape index (κ1) is 20.1. The van der Waals surface area contributed by atoms with E-state index >= 15 is 0 Å². The van der Waals surface area contributed by atoms with Gasteiger partial charge in [-0.3, -0.25) is 4.72 Å². The van der Waals surface area contributed by atoms with E-state index in [-0.39, 0.29) is 23.4 Å². The maximum Gasteiger partial charge on any atom is 0.417 e. The molecule has 0 unspecified atom stereocenters. The highest BCUT2D eigenvalue weighted by atomic mass is 35.5. The zero-order valence-corrected chi connectivity index (χ0v) is 14.6. The highest BCUT2D eigenvalue weighted by molar-refractivity contribution is 7.92. The van der Waals surface area contributed by atoms with Gasteiger partial charge < -0.3 is 9.90 Å². The second-order valence-corrected chi connectivity index (χ2v) is 7.40. The predicted octanol–water partition coefficient (Wildman–Crippen LogP) is 2.84. The van der Waals surface area contributed by atoms with Crippen molar-refractivity contribution in [3.05, 3.63) is 58.6 Å². The molecule has 0 amide bonds. The maximum atomic E-state index is 12.9. The van der Waals surface area contributed by atoms with E-state index in [0.29, 0.717) is 11.6 Å². The molecule has 0 heterocycles. The van der Waals surface area contributed by atoms with Gasteiger partial charge in [0.15, 0.2) is 0 Å². The van der Waals surface area contributed by atoms with Crippen molar-refractivity contribution < 1.29 is 31.5 Å². The molecular formula is C16H12ClF3NO4S-. The number of halogens is 4. The third kappa shape index (κ3) is 5.12. The average Bonchev–Trinajstić information content (AvgIpc) is 2.54. The molecule has 5 nitrogen and oxygen atoms in total. The first-order valence-electron chi connectivity index (χ1n) is 7.17. The van der Waals surface area contributed by atoms with E-state index in [4.69, 9.17) is 11.6 Å². The average molecular weight is 407 g/mol. The number of hydrogen-bond acceptors (Lipinski definition) is 4. The number of carboxylic acid groups (broad SMARTS) is 1. The molecule has 0 atom stereocenters. The van der Waals surface area contributed by atoms with Gasteiger partial charge in [-0.05, 0) is 48.7 Å². The van der Waals surface area contributed by atoms with E-state index in [9.17, 15) is 31.5 Å². The SMILES string of the molecule is O=C([O-])CCc1ccc(S(=O)(=O)Nc2ccc(Cl)c(C(F)(F)F)c2)cc1. The highest BCUT2D eigenvalue weighted by Crippen LogP contribution is 2.36. The Bertz CT molecular complexity index is 912. The molecule has 2 rings (SSSR count). The number of sulfonamides is 1. The summed E-state index contributed by atoms with van der Waals surface area (Å²) < 4.78 is 65.2. The Hall–Kier alpha value is -2.26. The number of carbonyl (C=O) groups excluding carboxylic acids is 1. The van der Waals surface area contributed by atoms with E-state index in [1.165, 1.54) is 24.3 Å². The molecule has 0 aliphatic rings. The minimum Gasteiger partial charge on any atom is -0.550 e. The second-order valence-electron chi connectivity index (χ2n) is 5.31. The van der Waals surface area contributed by atoms with Crippen LogP contribution in [0.3, 0.4) is 0 Å². The topological polar surface area (TPSA) is 86.3 Å². The minimum absolute atomic E-state index is 0.169. The molecule has 0 saturated heterocycles. The van der Waals surface area contributed by atoms with E-state index in [2.05, 4.69) is 4.72 Å². The number of hydrogen-bond donors (Lipinski definition) is 1. The third-order valence-electron chi connectivity index (χ3n) is 3.38. The van der Waals surface area contributed by atoms with E-state index < -0.39 is 32.8 Å². The van der Waals surface area contributed by atoms with Gasteiger partial charge in [0.25, 0.3) is 10.0 Å². The Labute approximate surface area is 152 Å². The summed E-state index contributed by atoms with van der Waals surface area (Å²) in [5.41, 5.74) is -0.862. The standard InChI is InChI=1S/C16H13ClF3NO4S/c17-14-7-4-11(9-13(14)16(18,19)20)21-26(24,25)12-5-1-10(2-6-12)3-8-15(22)23/h1-2,4-7,9,21H,3,8H2,(H,22,23)/p-1. The van der Waals surface area contributed by atoms with Crippen LogP contribution in [0, 0.1) is 0 Å². The maximum absolute atomic E-state index is 12.9. The molecule has 0 bridgehead atoms. The predicted molar refractivity (Wildman–Crippen MR) is 87.0 cm³/mol. The van der Waals surface area contributed by atoms with E-state index in [0.717, 1.165) is 12.1 Å². The number of nitrogens with one attached hydrogen (secondary N) is 1. The number of anilines is 1. The summed E-state index contributed by atoms with van der Waals surface area (Å²) in [5, 5.41) is 9.87. The van der Waals surface area contributed by atoms with Crippen molar-refractivity contribution in [2.75, 3.05) is 4.72 Å². The molecule has 1 N–H and O–H groups in total. The lowest BCUT2D eigenvalue weighted by atomic mass is 10.1. The van der Waals surface area contributed by atoms with Crippen molar-refractivity contribution in [2.24, 2.45) is 0 Å². The minimum atomic E-state index is -4.72. The molecule has 0 spiro atoms. The van der Waals surface area contributed by atoms with Crippen molar-refractivity contribution in [3.63, 3.8) is 0 Å². The van der Waals surface area contributed by atoms with Crippen LogP contribution in [-0.2, 0) is 27.4 Å². The Kier molecular flexibility index (Phi) is 5.82. The van der Waals surface area contributed by atoms with Gasteiger partial charge in [0, 0.05) is 11.7 Å². The summed E-state index contributed by atoms with van der Waals surface area (Å²) in [6, 6.07) is 7.96. The highest BCUT2D eigenvalue weighted by Gasteiger charge is 2.33. The van der Waals surface area contributed by atoms with Gasteiger partial charge in [-0.1, -0.05) is 23.7 Å². The van der Waals surface area contributed by atoms with Crippen LogP contribution in [0.5, 0.6) is 0 Å². The molecule has 0 radical (unpaired) electrons. The summed E-state index contributed by atoms with van der Waals surface area (Å²) in [5.74, 6) is -1.23. The summed E-state index contributed by atoms with van der Waals surface area (Å²) in [7, 11) is -4.13. The summed E-state index contributed by atoms with van der Waals surface area (Å²) in [6.45, 7) is 0. The number of aliphatic carboxylic acids is 1. The van der Waals surface area contributed by atoms with Crippen LogP contribution >= 0.6 is 11.6 Å². The van der Waals surface area contributed by atoms with Crippen molar-refractivity contribution in [1.29, 1.82) is 0 Å². The fraction of sp³-hybridized carbons (Fsp3) is 0.188. The summed E-state index contributed by atoms with van der Waals surface area (Å²) in [6.07, 6.45) is -4.77. The molecule has 0 aliphatic carbocycles. The van der Waals surface area contributed by atoms with Crippen LogP contribution in [-0.4, -0.2) is 14.4 Å². The normalized spacial score (nSPS) is 12.0. The first-order chi connectivity index (χ1) is 12.0. The van der Waals surface area contributed by atoms with E-state index in [1.54, 1.807) is 0 Å². The molecule has 26 heavy (non-hydrogen) atoms. The van der Waals surface area contributed by atoms with Gasteiger partial charge in [0.1, 0.15) is 0 Å². The lowest BCUT2D eigenvalue weighted by Gasteiger charge is -2.13. The third-order valence-corrected chi connectivity index (χ3v) is 5.10. The Morgan fingerprint density at radius 2 is 1.73 bits per heavy atom. The number of alkyl halides is 3. The van der Waals surface area contributed by atoms with Crippen LogP contribution in [0.4, 0.5) is 18.9 Å². The fourth-order valence-electron chi connectivity index (χ4n) is 2.10. The van der Waals surface area contributed by atoms with Crippen LogP contribution in [0.2, 0.25) is 5.02 Å². The summed E-state index contributed by atoms with van der Waals surface area (Å²) >= 11 is 5.50. The monoisotopic (exact) mass is 406 g/mol. The zero-order chi connectivity index (χ0) is 19.5. The molecule has 2 aromatic carbocycles. The van der Waals surface area contributed by atoms with Gasteiger partial charge in [0.2, 0.25) is 0 Å². The van der Waals surface area contributed by atoms with Gasteiger partial charge in [0.05, 0.1) is 15.5 Å². The Morgan fingerprint density at radius 1 is 1.12 bits per heavy atom. The number of benzene rings is 2. The number of rotatable bonds is 6. The lowest BCUT2D eigenvalue weighted by Crippen LogP contribution is -2.22. The number of aryl methyl sites for hydroxylation is 1. The van der Waals surface area contributed by atoms with Gasteiger partial charge in [-0.2, -0.15) is 13.2 Å². The molecule has 140 valence electrons. The van der Waals surface area contributed by atoms with Crippen LogP contribution in [0.25, 0.3) is 0 Å². The van der Waals surface area contributed by atoms with Crippen molar-refractivity contribution >= 4 is 33.3 Å². The Balaban J connectivity index is 2.22. The fourth-order valence-corrected chi connectivity index (χ4v) is 3.38. The van der Waals surface area contributed by atoms with Gasteiger partial charge in [-0.15, -0.1) is 0 Å². The number of carbonyl (C=O) groups is 1. The summed E-state index contributed by atoms with van der Waals surface area (Å²) in [4.78, 5) is 10.2. The number of carboxylic acids is 1. The second kappa shape index (κ2) is 7.55. The van der Waals surface area contributed by atoms with Gasteiger partial charge >= 0.3 is 6.18 Å². The molecule has 10 heteroatoms. The van der Waals surface area contributed by atoms with Crippen LogP contribution < -0.4 is 9.83 Å². The molecule has 0 saturated carbocycles. The lowest BCUT2D eigenvalue weighted by molar-refractivity contribution is -0.305. The smallest absolute Gasteiger partial charge is 0.417 e. The Morgan fingerprint density at radius 3 is 2.27 bits per heavy atom. The first-order valence-corrected chi connectivity index (χ1v) is 9.03. The quantitative estimate of drug-likeness (QED) is 0.799. The zero-order valence-electron chi connectivity index (χ0n) is 13.0. The van der Waals surface area contributed by atoms with Gasteiger partial charge in [-0.25, -0.2) is 8.42 Å². The van der Waals surface area contributed by atoms with E-state index in [1.807, 2.05) is 0 Å². The van der Waals surface area contributed by atoms with Crippen LogP contribution in [0.15, 0.2) is 47.4 Å². The largest absolute Gasteiger partial charge is 0.550 e.